The highest BCUT2D eigenvalue weighted by Gasteiger charge is 2.24. The van der Waals surface area contributed by atoms with Crippen LogP contribution >= 0.6 is 0 Å². The number of para-hydroxylation sites is 1. The molecule has 7 heteroatoms. The van der Waals surface area contributed by atoms with Crippen molar-refractivity contribution in [2.75, 3.05) is 0 Å². The number of esters is 1. The molecular weight excluding hydrogens is 312 g/mol. The van der Waals surface area contributed by atoms with Gasteiger partial charge in [-0.15, -0.1) is 0 Å². The molecule has 1 fully saturated rings. The van der Waals surface area contributed by atoms with E-state index in [4.69, 9.17) is 4.74 Å². The monoisotopic (exact) mass is 334 g/mol. The van der Waals surface area contributed by atoms with Crippen molar-refractivity contribution in [2.24, 2.45) is 0 Å². The molecule has 3 amide bonds. The van der Waals surface area contributed by atoms with E-state index in [9.17, 15) is 19.5 Å². The third-order valence-electron chi connectivity index (χ3n) is 4.04. The van der Waals surface area contributed by atoms with E-state index < -0.39 is 24.0 Å². The summed E-state index contributed by atoms with van der Waals surface area (Å²) < 4.78 is 5.01. The van der Waals surface area contributed by atoms with Gasteiger partial charge in [-0.1, -0.05) is 25.0 Å². The summed E-state index contributed by atoms with van der Waals surface area (Å²) in [7, 11) is 0. The molecule has 1 aliphatic carbocycles. The summed E-state index contributed by atoms with van der Waals surface area (Å²) in [6.45, 7) is 3.01. The number of aryl methyl sites for hydroxylation is 1. The molecule has 0 spiro atoms. The first-order chi connectivity index (χ1) is 11.4. The van der Waals surface area contributed by atoms with Crippen molar-refractivity contribution in [3.63, 3.8) is 0 Å². The molecule has 130 valence electrons. The summed E-state index contributed by atoms with van der Waals surface area (Å²) >= 11 is 0. The third-order valence-corrected chi connectivity index (χ3v) is 4.04. The minimum atomic E-state index is -1.16. The predicted molar refractivity (Wildman–Crippen MR) is 86.7 cm³/mol. The van der Waals surface area contributed by atoms with E-state index in [0.29, 0.717) is 5.56 Å². The first-order valence-electron chi connectivity index (χ1n) is 7.99. The number of hydrogen-bond acceptors (Lipinski definition) is 5. The summed E-state index contributed by atoms with van der Waals surface area (Å²) in [6, 6.07) is 4.15. The molecule has 1 aromatic rings. The van der Waals surface area contributed by atoms with Gasteiger partial charge in [-0.3, -0.25) is 10.1 Å². The van der Waals surface area contributed by atoms with Crippen molar-refractivity contribution < 1.29 is 24.2 Å². The normalized spacial score (nSPS) is 15.6. The lowest BCUT2D eigenvalue weighted by Crippen LogP contribution is -2.47. The lowest BCUT2D eigenvalue weighted by molar-refractivity contribution is -0.127. The van der Waals surface area contributed by atoms with E-state index in [1.54, 1.807) is 19.1 Å². The van der Waals surface area contributed by atoms with Crippen LogP contribution in [0.25, 0.3) is 0 Å². The van der Waals surface area contributed by atoms with E-state index >= 15 is 0 Å². The zero-order chi connectivity index (χ0) is 17.7. The van der Waals surface area contributed by atoms with Crippen LogP contribution in [0.5, 0.6) is 5.75 Å². The Bertz CT molecular complexity index is 638. The number of nitrogens with one attached hydrogen (secondary N) is 2. The van der Waals surface area contributed by atoms with E-state index in [2.05, 4.69) is 10.6 Å². The van der Waals surface area contributed by atoms with Crippen molar-refractivity contribution in [3.05, 3.63) is 29.3 Å². The standard InChI is InChI=1S/C17H22N2O5/c1-10-6-5-9-13(14(10)20)16(22)24-11(2)15(21)19-17(23)18-12-7-3-4-8-12/h5-6,9,11-12,20H,3-4,7-8H2,1-2H3,(H2,18,19,21,23)/t11-/m0/s1. The van der Waals surface area contributed by atoms with E-state index in [0.717, 1.165) is 25.7 Å². The van der Waals surface area contributed by atoms with Gasteiger partial charge in [0.2, 0.25) is 0 Å². The van der Waals surface area contributed by atoms with Gasteiger partial charge in [0, 0.05) is 6.04 Å². The average molecular weight is 334 g/mol. The number of hydrogen-bond donors (Lipinski definition) is 3. The summed E-state index contributed by atoms with van der Waals surface area (Å²) in [6.07, 6.45) is 2.77. The lowest BCUT2D eigenvalue weighted by atomic mass is 10.1. The fourth-order valence-electron chi connectivity index (χ4n) is 2.61. The molecule has 0 radical (unpaired) electrons. The molecule has 1 aromatic carbocycles. The quantitative estimate of drug-likeness (QED) is 0.731. The predicted octanol–water partition coefficient (Wildman–Crippen LogP) is 2.01. The Hall–Kier alpha value is -2.57. The Balaban J connectivity index is 1.87. The zero-order valence-corrected chi connectivity index (χ0v) is 13.8. The summed E-state index contributed by atoms with van der Waals surface area (Å²) in [5.74, 6) is -1.73. The maximum absolute atomic E-state index is 12.0. The summed E-state index contributed by atoms with van der Waals surface area (Å²) in [4.78, 5) is 35.7. The first kappa shape index (κ1) is 17.8. The molecule has 7 nitrogen and oxygen atoms in total. The Kier molecular flexibility index (Phi) is 5.78. The van der Waals surface area contributed by atoms with Crippen LogP contribution in [0.3, 0.4) is 0 Å². The highest BCUT2D eigenvalue weighted by molar-refractivity contribution is 5.99. The number of phenolic OH excluding ortho intramolecular Hbond substituents is 1. The molecule has 0 aliphatic heterocycles. The number of amides is 3. The van der Waals surface area contributed by atoms with Crippen molar-refractivity contribution >= 4 is 17.9 Å². The number of urea groups is 1. The van der Waals surface area contributed by atoms with Crippen LogP contribution in [-0.4, -0.2) is 35.2 Å². The summed E-state index contributed by atoms with van der Waals surface area (Å²) in [5, 5.41) is 14.7. The smallest absolute Gasteiger partial charge is 0.342 e. The van der Waals surface area contributed by atoms with Gasteiger partial charge in [-0.25, -0.2) is 9.59 Å². The van der Waals surface area contributed by atoms with Gasteiger partial charge in [0.15, 0.2) is 6.10 Å². The fourth-order valence-corrected chi connectivity index (χ4v) is 2.61. The summed E-state index contributed by atoms with van der Waals surface area (Å²) in [5.41, 5.74) is 0.502. The number of imide groups is 1. The largest absolute Gasteiger partial charge is 0.507 e. The van der Waals surface area contributed by atoms with Gasteiger partial charge in [0.1, 0.15) is 11.3 Å². The van der Waals surface area contributed by atoms with Crippen LogP contribution in [0.2, 0.25) is 0 Å². The molecule has 0 unspecified atom stereocenters. The second kappa shape index (κ2) is 7.81. The fraction of sp³-hybridized carbons (Fsp3) is 0.471. The van der Waals surface area contributed by atoms with Crippen LogP contribution in [0, 0.1) is 6.92 Å². The van der Waals surface area contributed by atoms with Crippen molar-refractivity contribution in [1.29, 1.82) is 0 Å². The Morgan fingerprint density at radius 1 is 1.25 bits per heavy atom. The molecule has 1 atom stereocenters. The van der Waals surface area contributed by atoms with E-state index in [1.165, 1.54) is 13.0 Å². The highest BCUT2D eigenvalue weighted by atomic mass is 16.5. The number of rotatable bonds is 4. The molecule has 0 saturated heterocycles. The number of aromatic hydroxyl groups is 1. The molecule has 0 heterocycles. The Morgan fingerprint density at radius 2 is 1.92 bits per heavy atom. The number of carbonyl (C=O) groups excluding carboxylic acids is 3. The maximum atomic E-state index is 12.0. The van der Waals surface area contributed by atoms with Crippen LogP contribution in [-0.2, 0) is 9.53 Å². The van der Waals surface area contributed by atoms with E-state index in [-0.39, 0.29) is 17.4 Å². The van der Waals surface area contributed by atoms with Gasteiger partial charge in [-0.05, 0) is 38.3 Å². The second-order valence-electron chi connectivity index (χ2n) is 5.96. The minimum Gasteiger partial charge on any atom is -0.507 e. The number of benzene rings is 1. The topological polar surface area (TPSA) is 105 Å². The van der Waals surface area contributed by atoms with Crippen LogP contribution in [0.15, 0.2) is 18.2 Å². The Morgan fingerprint density at radius 3 is 2.58 bits per heavy atom. The molecule has 3 N–H and O–H groups in total. The maximum Gasteiger partial charge on any atom is 0.342 e. The number of phenols is 1. The van der Waals surface area contributed by atoms with Gasteiger partial charge < -0.3 is 15.2 Å². The number of carbonyl (C=O) groups is 3. The van der Waals surface area contributed by atoms with Crippen molar-refractivity contribution in [3.8, 4) is 5.75 Å². The molecule has 1 aliphatic rings. The third kappa shape index (κ3) is 4.47. The average Bonchev–Trinajstić information content (AvgIpc) is 3.02. The molecule has 2 rings (SSSR count). The molecule has 24 heavy (non-hydrogen) atoms. The lowest BCUT2D eigenvalue weighted by Gasteiger charge is -2.16. The second-order valence-corrected chi connectivity index (χ2v) is 5.96. The van der Waals surface area contributed by atoms with E-state index in [1.807, 2.05) is 0 Å². The first-order valence-corrected chi connectivity index (χ1v) is 7.99. The van der Waals surface area contributed by atoms with Crippen LogP contribution < -0.4 is 10.6 Å². The number of ether oxygens (including phenoxy) is 1. The van der Waals surface area contributed by atoms with Gasteiger partial charge in [0.05, 0.1) is 0 Å². The molecule has 1 saturated carbocycles. The van der Waals surface area contributed by atoms with Crippen LogP contribution in [0.4, 0.5) is 4.79 Å². The van der Waals surface area contributed by atoms with Crippen LogP contribution in [0.1, 0.15) is 48.5 Å². The Labute approximate surface area is 140 Å². The van der Waals surface area contributed by atoms with Gasteiger partial charge in [0.25, 0.3) is 5.91 Å². The van der Waals surface area contributed by atoms with Gasteiger partial charge in [-0.2, -0.15) is 0 Å². The highest BCUT2D eigenvalue weighted by Crippen LogP contribution is 2.22. The van der Waals surface area contributed by atoms with Crippen molar-refractivity contribution in [1.82, 2.24) is 10.6 Å². The molecule has 0 bridgehead atoms. The van der Waals surface area contributed by atoms with Gasteiger partial charge >= 0.3 is 12.0 Å². The SMILES string of the molecule is Cc1cccc(C(=O)O[C@@H](C)C(=O)NC(=O)NC2CCCC2)c1O. The minimum absolute atomic E-state index is 0.0231. The zero-order valence-electron chi connectivity index (χ0n) is 13.8. The molecular formula is C17H22N2O5. The molecule has 0 aromatic heterocycles. The van der Waals surface area contributed by atoms with Crippen molar-refractivity contribution in [2.45, 2.75) is 51.7 Å².